The molecule has 0 aromatic heterocycles. The van der Waals surface area contributed by atoms with Crippen molar-refractivity contribution in [3.05, 3.63) is 53.0 Å². The molecule has 0 aliphatic carbocycles. The van der Waals surface area contributed by atoms with Crippen molar-refractivity contribution in [2.45, 2.75) is 38.4 Å². The lowest BCUT2D eigenvalue weighted by atomic mass is 9.83. The molecule has 5 heteroatoms. The van der Waals surface area contributed by atoms with Crippen LogP contribution >= 0.6 is 11.8 Å². The first-order valence-corrected chi connectivity index (χ1v) is 11.0. The second kappa shape index (κ2) is 9.78. The number of likely N-dealkylation sites (tertiary alicyclic amines) is 1. The monoisotopic (exact) mass is 388 g/mol. The molecule has 2 aliphatic rings. The normalized spacial score (nSPS) is 24.2. The molecule has 3 N–H and O–H groups in total. The van der Waals surface area contributed by atoms with E-state index in [2.05, 4.69) is 23.0 Å². The average Bonchev–Trinajstić information content (AvgIpc) is 2.70. The van der Waals surface area contributed by atoms with Crippen LogP contribution in [-0.4, -0.2) is 48.0 Å². The molecule has 1 saturated heterocycles. The van der Waals surface area contributed by atoms with Gasteiger partial charge in [-0.2, -0.15) is 0 Å². The van der Waals surface area contributed by atoms with Crippen molar-refractivity contribution >= 4 is 11.8 Å². The van der Waals surface area contributed by atoms with E-state index in [-0.39, 0.29) is 12.2 Å². The molecule has 0 spiro atoms. The molecule has 2 unspecified atom stereocenters. The Morgan fingerprint density at radius 2 is 2.15 bits per heavy atom. The number of phenols is 1. The molecule has 0 radical (unpaired) electrons. The summed E-state index contributed by atoms with van der Waals surface area (Å²) in [5.41, 5.74) is 9.03. The molecule has 2 atom stereocenters. The van der Waals surface area contributed by atoms with Crippen LogP contribution in [0.5, 0.6) is 5.75 Å². The summed E-state index contributed by atoms with van der Waals surface area (Å²) in [6, 6.07) is 4.03. The number of allylic oxidation sites excluding steroid dienone is 2. The minimum absolute atomic E-state index is 0.101. The van der Waals surface area contributed by atoms with Crippen LogP contribution < -0.4 is 5.73 Å². The summed E-state index contributed by atoms with van der Waals surface area (Å²) in [7, 11) is 0. The van der Waals surface area contributed by atoms with Gasteiger partial charge in [0.25, 0.3) is 0 Å². The molecular weight excluding hydrogens is 356 g/mol. The molecule has 2 heterocycles. The standard InChI is InChI=1S/C22H32N2O2S/c1-3-4-12-27-13-11-24-9-7-17(8-10-24)20-14-19-18(21(15-23)26-20)6-5-16(2)22(19)25/h3-6,12,17,20-21,25H,1,7-11,13-15,23H2,2H3/b12-4-. The van der Waals surface area contributed by atoms with Crippen LogP contribution in [0.15, 0.2) is 36.3 Å². The van der Waals surface area contributed by atoms with Gasteiger partial charge in [-0.05, 0) is 55.3 Å². The summed E-state index contributed by atoms with van der Waals surface area (Å²) in [6.07, 6.45) is 6.96. The summed E-state index contributed by atoms with van der Waals surface area (Å²) in [4.78, 5) is 2.55. The first kappa shape index (κ1) is 20.5. The lowest BCUT2D eigenvalue weighted by Crippen LogP contribution is -2.42. The molecule has 0 bridgehead atoms. The quantitative estimate of drug-likeness (QED) is 0.550. The number of hydrogen-bond acceptors (Lipinski definition) is 5. The molecule has 0 amide bonds. The molecule has 1 fully saturated rings. The maximum Gasteiger partial charge on any atom is 0.122 e. The van der Waals surface area contributed by atoms with E-state index in [0.29, 0.717) is 18.2 Å². The van der Waals surface area contributed by atoms with E-state index in [1.807, 2.05) is 36.9 Å². The topological polar surface area (TPSA) is 58.7 Å². The van der Waals surface area contributed by atoms with E-state index in [0.717, 1.165) is 61.3 Å². The maximum absolute atomic E-state index is 10.6. The largest absolute Gasteiger partial charge is 0.507 e. The Kier molecular flexibility index (Phi) is 7.41. The number of fused-ring (bicyclic) bond motifs is 1. The molecule has 2 aliphatic heterocycles. The fraction of sp³-hybridized carbons (Fsp3) is 0.545. The highest BCUT2D eigenvalue weighted by atomic mass is 32.2. The van der Waals surface area contributed by atoms with Gasteiger partial charge in [0.05, 0.1) is 12.2 Å². The van der Waals surface area contributed by atoms with Crippen LogP contribution in [0.25, 0.3) is 0 Å². The molecule has 4 nitrogen and oxygen atoms in total. The van der Waals surface area contributed by atoms with Crippen LogP contribution in [0.2, 0.25) is 0 Å². The van der Waals surface area contributed by atoms with Crippen molar-refractivity contribution in [1.82, 2.24) is 4.90 Å². The Balaban J connectivity index is 1.56. The van der Waals surface area contributed by atoms with E-state index in [9.17, 15) is 5.11 Å². The predicted molar refractivity (Wildman–Crippen MR) is 114 cm³/mol. The van der Waals surface area contributed by atoms with Gasteiger partial charge in [0, 0.05) is 30.8 Å². The smallest absolute Gasteiger partial charge is 0.122 e. The Labute approximate surface area is 167 Å². The number of benzene rings is 1. The van der Waals surface area contributed by atoms with Crippen molar-refractivity contribution in [1.29, 1.82) is 0 Å². The van der Waals surface area contributed by atoms with Gasteiger partial charge >= 0.3 is 0 Å². The average molecular weight is 389 g/mol. The Bertz CT molecular complexity index is 669. The van der Waals surface area contributed by atoms with Gasteiger partial charge in [-0.3, -0.25) is 0 Å². The van der Waals surface area contributed by atoms with Crippen molar-refractivity contribution in [2.24, 2.45) is 11.7 Å². The number of piperidine rings is 1. The van der Waals surface area contributed by atoms with Crippen LogP contribution in [0.1, 0.15) is 35.6 Å². The van der Waals surface area contributed by atoms with E-state index < -0.39 is 0 Å². The fourth-order valence-corrected chi connectivity index (χ4v) is 4.91. The zero-order chi connectivity index (χ0) is 19.2. The molecule has 1 aromatic carbocycles. The summed E-state index contributed by atoms with van der Waals surface area (Å²) in [6.45, 7) is 9.47. The summed E-state index contributed by atoms with van der Waals surface area (Å²) >= 11 is 1.84. The SMILES string of the molecule is C=C/C=C\SCCN1CCC(C2Cc3c(ccc(C)c3O)C(CN)O2)CC1. The third kappa shape index (κ3) is 4.96. The Hall–Kier alpha value is -1.27. The van der Waals surface area contributed by atoms with Crippen molar-refractivity contribution in [3.63, 3.8) is 0 Å². The third-order valence-electron chi connectivity index (χ3n) is 5.82. The van der Waals surface area contributed by atoms with Gasteiger partial charge in [0.2, 0.25) is 0 Å². The number of aromatic hydroxyl groups is 1. The first-order chi connectivity index (χ1) is 13.1. The number of nitrogens with zero attached hydrogens (tertiary/aromatic N) is 1. The second-order valence-corrected chi connectivity index (χ2v) is 8.53. The van der Waals surface area contributed by atoms with Gasteiger partial charge < -0.3 is 20.5 Å². The van der Waals surface area contributed by atoms with Gasteiger partial charge in [-0.25, -0.2) is 0 Å². The van der Waals surface area contributed by atoms with Crippen LogP contribution in [0.4, 0.5) is 0 Å². The number of thioether (sulfide) groups is 1. The molecule has 0 saturated carbocycles. The fourth-order valence-electron chi connectivity index (χ4n) is 4.19. The predicted octanol–water partition coefficient (Wildman–Crippen LogP) is 3.79. The number of aryl methyl sites for hydroxylation is 1. The van der Waals surface area contributed by atoms with E-state index in [1.165, 1.54) is 0 Å². The number of hydrogen-bond donors (Lipinski definition) is 2. The second-order valence-electron chi connectivity index (χ2n) is 7.52. The lowest BCUT2D eigenvalue weighted by molar-refractivity contribution is -0.0643. The number of phenolic OH excluding ortho intramolecular Hbond substituents is 1. The van der Waals surface area contributed by atoms with Gasteiger partial charge in [0.1, 0.15) is 5.75 Å². The highest BCUT2D eigenvalue weighted by Crippen LogP contribution is 2.40. The molecule has 148 valence electrons. The van der Waals surface area contributed by atoms with Crippen molar-refractivity contribution in [2.75, 3.05) is 31.9 Å². The lowest BCUT2D eigenvalue weighted by Gasteiger charge is -2.40. The maximum atomic E-state index is 10.6. The molecular formula is C22H32N2O2S. The van der Waals surface area contributed by atoms with E-state index in [4.69, 9.17) is 10.5 Å². The summed E-state index contributed by atoms with van der Waals surface area (Å²) in [5, 5.41) is 12.7. The highest BCUT2D eigenvalue weighted by molar-refractivity contribution is 8.02. The Morgan fingerprint density at radius 3 is 2.85 bits per heavy atom. The number of nitrogens with two attached hydrogens (primary N) is 1. The van der Waals surface area contributed by atoms with Gasteiger partial charge in [-0.15, -0.1) is 11.8 Å². The van der Waals surface area contributed by atoms with Crippen molar-refractivity contribution in [3.8, 4) is 5.75 Å². The van der Waals surface area contributed by atoms with Gasteiger partial charge in [-0.1, -0.05) is 30.9 Å². The van der Waals surface area contributed by atoms with Crippen LogP contribution in [-0.2, 0) is 11.2 Å². The number of ether oxygens (including phenoxy) is 1. The van der Waals surface area contributed by atoms with Gasteiger partial charge in [0.15, 0.2) is 0 Å². The highest BCUT2D eigenvalue weighted by Gasteiger charge is 2.35. The third-order valence-corrected chi connectivity index (χ3v) is 6.59. The Morgan fingerprint density at radius 1 is 1.37 bits per heavy atom. The molecule has 3 rings (SSSR count). The minimum atomic E-state index is -0.101. The summed E-state index contributed by atoms with van der Waals surface area (Å²) < 4.78 is 6.38. The molecule has 27 heavy (non-hydrogen) atoms. The van der Waals surface area contributed by atoms with Crippen molar-refractivity contribution < 1.29 is 9.84 Å². The zero-order valence-corrected chi connectivity index (χ0v) is 17.1. The zero-order valence-electron chi connectivity index (χ0n) is 16.3. The molecule has 1 aromatic rings. The first-order valence-electron chi connectivity index (χ1n) is 9.92. The summed E-state index contributed by atoms with van der Waals surface area (Å²) in [5.74, 6) is 2.09. The van der Waals surface area contributed by atoms with E-state index >= 15 is 0 Å². The minimum Gasteiger partial charge on any atom is -0.507 e. The number of rotatable bonds is 7. The van der Waals surface area contributed by atoms with Crippen LogP contribution in [0.3, 0.4) is 0 Å². The van der Waals surface area contributed by atoms with E-state index in [1.54, 1.807) is 0 Å². The van der Waals surface area contributed by atoms with Crippen LogP contribution in [0, 0.1) is 12.8 Å².